The maximum Gasteiger partial charge on any atom is 0.310 e. The number of aliphatic carboxylic acids is 1. The van der Waals surface area contributed by atoms with Crippen molar-refractivity contribution in [3.8, 4) is 0 Å². The van der Waals surface area contributed by atoms with Crippen molar-refractivity contribution in [3.05, 3.63) is 11.1 Å². The fourth-order valence-corrected chi connectivity index (χ4v) is 6.67. The fraction of sp³-hybridized carbons (Fsp3) is 0.800. The first-order valence-corrected chi connectivity index (χ1v) is 12.1. The van der Waals surface area contributed by atoms with E-state index in [1.54, 1.807) is 6.92 Å². The van der Waals surface area contributed by atoms with E-state index in [0.717, 1.165) is 50.5 Å². The van der Waals surface area contributed by atoms with Gasteiger partial charge < -0.3 is 19.3 Å². The van der Waals surface area contributed by atoms with Crippen LogP contribution in [0.3, 0.4) is 0 Å². The summed E-state index contributed by atoms with van der Waals surface area (Å²) in [6, 6.07) is 0. The highest BCUT2D eigenvalue weighted by molar-refractivity contribution is 6.01. The zero-order valence-corrected chi connectivity index (χ0v) is 19.4. The van der Waals surface area contributed by atoms with E-state index in [9.17, 15) is 19.5 Å². The summed E-state index contributed by atoms with van der Waals surface area (Å²) < 4.78 is 17.9. The van der Waals surface area contributed by atoms with Gasteiger partial charge in [-0.15, -0.1) is 0 Å². The molecule has 1 heterocycles. The Morgan fingerprint density at radius 3 is 2.62 bits per heavy atom. The Bertz CT molecular complexity index is 796. The minimum atomic E-state index is -0.972. The number of carboxylic acid groups (broad SMARTS) is 1. The summed E-state index contributed by atoms with van der Waals surface area (Å²) in [5.41, 5.74) is 1.30. The first-order chi connectivity index (χ1) is 15.2. The SMILES string of the molecule is CC(=O)OC1CCC2(C)C(C1)CC(OC1CCCCO1)C1=C(C(C)C(=O)O)C(=O)CCC12. The number of rotatable bonds is 5. The Kier molecular flexibility index (Phi) is 6.78. The number of carbonyl (C=O) groups is 3. The fourth-order valence-electron chi connectivity index (χ4n) is 6.67. The number of carbonyl (C=O) groups excluding carboxylic acids is 2. The van der Waals surface area contributed by atoms with Crippen molar-refractivity contribution in [2.45, 2.75) is 97.1 Å². The summed E-state index contributed by atoms with van der Waals surface area (Å²) in [7, 11) is 0. The Labute approximate surface area is 189 Å². The molecule has 178 valence electrons. The zero-order chi connectivity index (χ0) is 23.0. The highest BCUT2D eigenvalue weighted by Gasteiger charge is 2.55. The molecular formula is C25H36O7. The number of fused-ring (bicyclic) bond motifs is 3. The van der Waals surface area contributed by atoms with Crippen LogP contribution in [0.1, 0.15) is 78.6 Å². The van der Waals surface area contributed by atoms with E-state index in [0.29, 0.717) is 25.0 Å². The van der Waals surface area contributed by atoms with Gasteiger partial charge in [0.1, 0.15) is 6.10 Å². The average Bonchev–Trinajstić information content (AvgIpc) is 2.74. The van der Waals surface area contributed by atoms with Crippen LogP contribution < -0.4 is 0 Å². The van der Waals surface area contributed by atoms with Crippen molar-refractivity contribution >= 4 is 17.7 Å². The lowest BCUT2D eigenvalue weighted by molar-refractivity contribution is -0.199. The summed E-state index contributed by atoms with van der Waals surface area (Å²) in [5, 5.41) is 9.76. The number of carboxylic acids is 1. The van der Waals surface area contributed by atoms with Gasteiger partial charge in [-0.25, -0.2) is 0 Å². The number of esters is 1. The third-order valence-electron chi connectivity index (χ3n) is 8.36. The highest BCUT2D eigenvalue weighted by atomic mass is 16.7. The molecular weight excluding hydrogens is 412 g/mol. The van der Waals surface area contributed by atoms with E-state index in [2.05, 4.69) is 6.92 Å². The Morgan fingerprint density at radius 2 is 1.97 bits per heavy atom. The van der Waals surface area contributed by atoms with Gasteiger partial charge in [-0.1, -0.05) is 6.92 Å². The molecule has 3 aliphatic carbocycles. The molecule has 4 aliphatic rings. The molecule has 1 N–H and O–H groups in total. The van der Waals surface area contributed by atoms with E-state index in [1.165, 1.54) is 6.92 Å². The van der Waals surface area contributed by atoms with Crippen LogP contribution in [0.15, 0.2) is 11.1 Å². The molecule has 0 aromatic rings. The van der Waals surface area contributed by atoms with Gasteiger partial charge in [0.2, 0.25) is 0 Å². The van der Waals surface area contributed by atoms with Gasteiger partial charge in [-0.05, 0) is 81.1 Å². The lowest BCUT2D eigenvalue weighted by Gasteiger charge is -2.57. The predicted octanol–water partition coefficient (Wildman–Crippen LogP) is 4.04. The molecule has 7 heteroatoms. The van der Waals surface area contributed by atoms with Crippen molar-refractivity contribution in [3.63, 3.8) is 0 Å². The van der Waals surface area contributed by atoms with Crippen LogP contribution in [0.4, 0.5) is 0 Å². The van der Waals surface area contributed by atoms with Crippen LogP contribution in [0.2, 0.25) is 0 Å². The van der Waals surface area contributed by atoms with Crippen molar-refractivity contribution < 1.29 is 33.7 Å². The van der Waals surface area contributed by atoms with E-state index in [-0.39, 0.29) is 47.5 Å². The minimum Gasteiger partial charge on any atom is -0.481 e. The molecule has 7 atom stereocenters. The monoisotopic (exact) mass is 448 g/mol. The molecule has 1 aliphatic heterocycles. The average molecular weight is 449 g/mol. The molecule has 4 rings (SSSR count). The molecule has 7 unspecified atom stereocenters. The summed E-state index contributed by atoms with van der Waals surface area (Å²) in [6.45, 7) is 6.00. The van der Waals surface area contributed by atoms with E-state index < -0.39 is 11.9 Å². The summed E-state index contributed by atoms with van der Waals surface area (Å²) in [4.78, 5) is 36.5. The largest absolute Gasteiger partial charge is 0.481 e. The van der Waals surface area contributed by atoms with E-state index in [1.807, 2.05) is 0 Å². The lowest BCUT2D eigenvalue weighted by Crippen LogP contribution is -2.53. The van der Waals surface area contributed by atoms with Crippen molar-refractivity contribution in [1.82, 2.24) is 0 Å². The quantitative estimate of drug-likeness (QED) is 0.501. The van der Waals surface area contributed by atoms with Crippen LogP contribution in [0, 0.1) is 23.2 Å². The maximum atomic E-state index is 13.0. The predicted molar refractivity (Wildman–Crippen MR) is 116 cm³/mol. The van der Waals surface area contributed by atoms with Crippen LogP contribution >= 0.6 is 0 Å². The number of ketones is 1. The molecule has 0 spiro atoms. The Hall–Kier alpha value is -1.73. The summed E-state index contributed by atoms with van der Waals surface area (Å²) >= 11 is 0. The first-order valence-electron chi connectivity index (χ1n) is 12.1. The summed E-state index contributed by atoms with van der Waals surface area (Å²) in [5.74, 6) is -1.75. The third kappa shape index (κ3) is 4.38. The molecule has 0 aromatic carbocycles. The molecule has 32 heavy (non-hydrogen) atoms. The van der Waals surface area contributed by atoms with Crippen LogP contribution in [-0.2, 0) is 28.6 Å². The van der Waals surface area contributed by atoms with Crippen molar-refractivity contribution in [1.29, 1.82) is 0 Å². The molecule has 0 aromatic heterocycles. The molecule has 3 fully saturated rings. The van der Waals surface area contributed by atoms with Gasteiger partial charge in [-0.2, -0.15) is 0 Å². The lowest BCUT2D eigenvalue weighted by atomic mass is 9.50. The Morgan fingerprint density at radius 1 is 1.19 bits per heavy atom. The van der Waals surface area contributed by atoms with Crippen LogP contribution in [0.25, 0.3) is 0 Å². The third-order valence-corrected chi connectivity index (χ3v) is 8.36. The van der Waals surface area contributed by atoms with Crippen LogP contribution in [0.5, 0.6) is 0 Å². The molecule has 2 saturated carbocycles. The van der Waals surface area contributed by atoms with Gasteiger partial charge in [0, 0.05) is 25.5 Å². The first kappa shape index (κ1) is 23.4. The van der Waals surface area contributed by atoms with Gasteiger partial charge in [-0.3, -0.25) is 14.4 Å². The van der Waals surface area contributed by atoms with E-state index in [4.69, 9.17) is 14.2 Å². The zero-order valence-electron chi connectivity index (χ0n) is 19.4. The number of ether oxygens (including phenoxy) is 3. The van der Waals surface area contributed by atoms with Gasteiger partial charge >= 0.3 is 11.9 Å². The second-order valence-electron chi connectivity index (χ2n) is 10.3. The van der Waals surface area contributed by atoms with Crippen LogP contribution in [-0.4, -0.2) is 47.9 Å². The Balaban J connectivity index is 1.71. The molecule has 0 bridgehead atoms. The minimum absolute atomic E-state index is 0.0556. The molecule has 0 radical (unpaired) electrons. The smallest absolute Gasteiger partial charge is 0.310 e. The number of hydrogen-bond donors (Lipinski definition) is 1. The topological polar surface area (TPSA) is 99.1 Å². The second kappa shape index (κ2) is 9.26. The molecule has 1 saturated heterocycles. The summed E-state index contributed by atoms with van der Waals surface area (Å²) in [6.07, 6.45) is 6.37. The van der Waals surface area contributed by atoms with Gasteiger partial charge in [0.05, 0.1) is 12.0 Å². The highest BCUT2D eigenvalue weighted by Crippen LogP contribution is 2.59. The van der Waals surface area contributed by atoms with Gasteiger partial charge in [0.15, 0.2) is 12.1 Å². The number of Topliss-reactive ketones (excluding diaryl/α,β-unsaturated/α-hetero) is 1. The van der Waals surface area contributed by atoms with Gasteiger partial charge in [0.25, 0.3) is 0 Å². The molecule has 0 amide bonds. The number of hydrogen-bond acceptors (Lipinski definition) is 6. The normalized spacial score (nSPS) is 38.5. The standard InChI is InChI=1S/C25H36O7/c1-14(24(28)29)22-19(27)8-7-18-23(22)20(32-21-6-4-5-11-30-21)13-16-12-17(31-15(2)26)9-10-25(16,18)3/h14,16-18,20-21H,4-13H2,1-3H3,(H,28,29). The van der Waals surface area contributed by atoms with E-state index >= 15 is 0 Å². The maximum absolute atomic E-state index is 13.0. The van der Waals surface area contributed by atoms with Crippen molar-refractivity contribution in [2.75, 3.05) is 6.61 Å². The second-order valence-corrected chi connectivity index (χ2v) is 10.3. The molecule has 7 nitrogen and oxygen atoms in total. The van der Waals surface area contributed by atoms with Crippen molar-refractivity contribution in [2.24, 2.45) is 23.2 Å².